The molecule has 100 valence electrons. The van der Waals surface area contributed by atoms with Gasteiger partial charge in [0, 0.05) is 20.1 Å². The first-order valence-corrected chi connectivity index (χ1v) is 6.56. The van der Waals surface area contributed by atoms with E-state index < -0.39 is 0 Å². The zero-order valence-electron chi connectivity index (χ0n) is 11.9. The fraction of sp³-hybridized carbons (Fsp3) is 0.312. The molecule has 0 aliphatic heterocycles. The van der Waals surface area contributed by atoms with E-state index in [0.717, 1.165) is 24.6 Å². The number of aromatic nitrogens is 1. The third-order valence-electron chi connectivity index (χ3n) is 3.04. The third kappa shape index (κ3) is 3.80. The van der Waals surface area contributed by atoms with Crippen molar-refractivity contribution in [3.63, 3.8) is 0 Å². The van der Waals surface area contributed by atoms with E-state index in [-0.39, 0.29) is 0 Å². The Morgan fingerprint density at radius 3 is 2.68 bits per heavy atom. The van der Waals surface area contributed by atoms with Crippen LogP contribution in [0.25, 0.3) is 0 Å². The summed E-state index contributed by atoms with van der Waals surface area (Å²) < 4.78 is 0. The molecular formula is C16H21N3. The normalized spacial score (nSPS) is 10.5. The van der Waals surface area contributed by atoms with Gasteiger partial charge in [-0.1, -0.05) is 35.9 Å². The smallest absolute Gasteiger partial charge is 0.128 e. The minimum atomic E-state index is 0.798. The van der Waals surface area contributed by atoms with Crippen molar-refractivity contribution in [1.29, 1.82) is 0 Å². The number of hydrogen-bond donors (Lipinski definition) is 1. The van der Waals surface area contributed by atoms with E-state index in [0.29, 0.717) is 0 Å². The van der Waals surface area contributed by atoms with Crippen molar-refractivity contribution < 1.29 is 0 Å². The summed E-state index contributed by atoms with van der Waals surface area (Å²) in [6.45, 7) is 3.79. The zero-order valence-corrected chi connectivity index (χ0v) is 11.9. The molecular weight excluding hydrogens is 234 g/mol. The van der Waals surface area contributed by atoms with Crippen molar-refractivity contribution >= 4 is 5.82 Å². The summed E-state index contributed by atoms with van der Waals surface area (Å²) in [7, 11) is 4.01. The second kappa shape index (κ2) is 6.34. The molecule has 19 heavy (non-hydrogen) atoms. The molecule has 0 aliphatic carbocycles. The number of hydrogen-bond acceptors (Lipinski definition) is 3. The van der Waals surface area contributed by atoms with Gasteiger partial charge >= 0.3 is 0 Å². The van der Waals surface area contributed by atoms with Crippen molar-refractivity contribution in [2.75, 3.05) is 19.0 Å². The van der Waals surface area contributed by atoms with Crippen LogP contribution in [-0.2, 0) is 13.1 Å². The van der Waals surface area contributed by atoms with Gasteiger partial charge in [-0.05, 0) is 31.7 Å². The van der Waals surface area contributed by atoms with Gasteiger partial charge in [-0.3, -0.25) is 0 Å². The second-order valence-corrected chi connectivity index (χ2v) is 4.86. The molecule has 1 N–H and O–H groups in total. The first-order chi connectivity index (χ1) is 9.19. The number of nitrogens with zero attached hydrogens (tertiary/aromatic N) is 2. The SMILES string of the molecule is CNCc1cccc(N(C)Cc2cccc(C)c2)n1. The largest absolute Gasteiger partial charge is 0.355 e. The van der Waals surface area contributed by atoms with Gasteiger partial charge in [0.1, 0.15) is 5.82 Å². The van der Waals surface area contributed by atoms with Crippen LogP contribution >= 0.6 is 0 Å². The zero-order chi connectivity index (χ0) is 13.7. The molecule has 2 aromatic rings. The number of aryl methyl sites for hydroxylation is 1. The Labute approximate surface area is 115 Å². The highest BCUT2D eigenvalue weighted by Gasteiger charge is 2.04. The van der Waals surface area contributed by atoms with E-state index in [2.05, 4.69) is 65.6 Å². The molecule has 0 aliphatic rings. The highest BCUT2D eigenvalue weighted by atomic mass is 15.2. The van der Waals surface area contributed by atoms with Crippen molar-refractivity contribution in [2.24, 2.45) is 0 Å². The number of rotatable bonds is 5. The molecule has 0 fully saturated rings. The van der Waals surface area contributed by atoms with Gasteiger partial charge in [-0.2, -0.15) is 0 Å². The summed E-state index contributed by atoms with van der Waals surface area (Å²) >= 11 is 0. The van der Waals surface area contributed by atoms with E-state index in [4.69, 9.17) is 0 Å². The molecule has 0 radical (unpaired) electrons. The maximum Gasteiger partial charge on any atom is 0.128 e. The minimum Gasteiger partial charge on any atom is -0.355 e. The highest BCUT2D eigenvalue weighted by molar-refractivity contribution is 5.39. The Bertz CT molecular complexity index is 537. The quantitative estimate of drug-likeness (QED) is 0.890. The predicted octanol–water partition coefficient (Wildman–Crippen LogP) is 2.75. The van der Waals surface area contributed by atoms with Crippen molar-refractivity contribution in [3.8, 4) is 0 Å². The molecule has 2 rings (SSSR count). The Balaban J connectivity index is 2.11. The molecule has 1 heterocycles. The maximum atomic E-state index is 4.64. The molecule has 0 atom stereocenters. The fourth-order valence-electron chi connectivity index (χ4n) is 2.12. The fourth-order valence-corrected chi connectivity index (χ4v) is 2.12. The Kier molecular flexibility index (Phi) is 4.53. The van der Waals surface area contributed by atoms with Crippen LogP contribution in [0.2, 0.25) is 0 Å². The average Bonchev–Trinajstić information content (AvgIpc) is 2.39. The van der Waals surface area contributed by atoms with Gasteiger partial charge in [-0.25, -0.2) is 4.98 Å². The van der Waals surface area contributed by atoms with Crippen LogP contribution in [0.1, 0.15) is 16.8 Å². The summed E-state index contributed by atoms with van der Waals surface area (Å²) in [4.78, 5) is 6.82. The third-order valence-corrected chi connectivity index (χ3v) is 3.04. The Hall–Kier alpha value is -1.87. The van der Waals surface area contributed by atoms with Gasteiger partial charge in [0.05, 0.1) is 5.69 Å². The molecule has 3 heteroatoms. The Morgan fingerprint density at radius 1 is 1.16 bits per heavy atom. The van der Waals surface area contributed by atoms with Gasteiger partial charge in [-0.15, -0.1) is 0 Å². The standard InChI is InChI=1S/C16H21N3/c1-13-6-4-7-14(10-13)12-19(3)16-9-5-8-15(18-16)11-17-2/h4-10,17H,11-12H2,1-3H3. The molecule has 0 bridgehead atoms. The molecule has 0 amide bonds. The lowest BCUT2D eigenvalue weighted by molar-refractivity contribution is 0.783. The molecule has 0 saturated carbocycles. The summed E-state index contributed by atoms with van der Waals surface area (Å²) in [5, 5.41) is 3.13. The van der Waals surface area contributed by atoms with Crippen LogP contribution in [0.5, 0.6) is 0 Å². The van der Waals surface area contributed by atoms with Crippen LogP contribution in [0, 0.1) is 6.92 Å². The highest BCUT2D eigenvalue weighted by Crippen LogP contribution is 2.14. The monoisotopic (exact) mass is 255 g/mol. The number of benzene rings is 1. The van der Waals surface area contributed by atoms with E-state index in [1.807, 2.05) is 13.1 Å². The van der Waals surface area contributed by atoms with Crippen molar-refractivity contribution in [2.45, 2.75) is 20.0 Å². The van der Waals surface area contributed by atoms with Gasteiger partial charge in [0.15, 0.2) is 0 Å². The number of anilines is 1. The predicted molar refractivity (Wildman–Crippen MR) is 80.3 cm³/mol. The van der Waals surface area contributed by atoms with Gasteiger partial charge in [0.25, 0.3) is 0 Å². The summed E-state index contributed by atoms with van der Waals surface area (Å²) in [6, 6.07) is 14.7. The summed E-state index contributed by atoms with van der Waals surface area (Å²) in [5.41, 5.74) is 3.67. The van der Waals surface area contributed by atoms with Crippen LogP contribution in [0.4, 0.5) is 5.82 Å². The first kappa shape index (κ1) is 13.6. The number of nitrogens with one attached hydrogen (secondary N) is 1. The van der Waals surface area contributed by atoms with Gasteiger partial charge in [0.2, 0.25) is 0 Å². The van der Waals surface area contributed by atoms with Crippen LogP contribution in [0.3, 0.4) is 0 Å². The van der Waals surface area contributed by atoms with E-state index in [9.17, 15) is 0 Å². The topological polar surface area (TPSA) is 28.2 Å². The van der Waals surface area contributed by atoms with Gasteiger partial charge < -0.3 is 10.2 Å². The van der Waals surface area contributed by atoms with Crippen LogP contribution in [-0.4, -0.2) is 19.1 Å². The molecule has 0 unspecified atom stereocenters. The van der Waals surface area contributed by atoms with E-state index >= 15 is 0 Å². The molecule has 3 nitrogen and oxygen atoms in total. The molecule has 1 aromatic carbocycles. The van der Waals surface area contributed by atoms with E-state index in [1.165, 1.54) is 11.1 Å². The average molecular weight is 255 g/mol. The molecule has 0 saturated heterocycles. The van der Waals surface area contributed by atoms with Crippen molar-refractivity contribution in [3.05, 3.63) is 59.3 Å². The lowest BCUT2D eigenvalue weighted by Gasteiger charge is -2.19. The summed E-state index contributed by atoms with van der Waals surface area (Å²) in [5.74, 6) is 1.01. The second-order valence-electron chi connectivity index (χ2n) is 4.86. The minimum absolute atomic E-state index is 0.798. The molecule has 1 aromatic heterocycles. The first-order valence-electron chi connectivity index (χ1n) is 6.56. The Morgan fingerprint density at radius 2 is 1.95 bits per heavy atom. The van der Waals surface area contributed by atoms with E-state index in [1.54, 1.807) is 0 Å². The lowest BCUT2D eigenvalue weighted by atomic mass is 10.1. The van der Waals surface area contributed by atoms with Crippen LogP contribution < -0.4 is 10.2 Å². The van der Waals surface area contributed by atoms with Crippen molar-refractivity contribution in [1.82, 2.24) is 10.3 Å². The molecule has 0 spiro atoms. The lowest BCUT2D eigenvalue weighted by Crippen LogP contribution is -2.18. The maximum absolute atomic E-state index is 4.64. The summed E-state index contributed by atoms with van der Waals surface area (Å²) in [6.07, 6.45) is 0. The number of pyridine rings is 1. The van der Waals surface area contributed by atoms with Crippen LogP contribution in [0.15, 0.2) is 42.5 Å².